The molecule has 1 unspecified atom stereocenters. The zero-order valence-corrected chi connectivity index (χ0v) is 12.0. The Labute approximate surface area is 123 Å². The van der Waals surface area contributed by atoms with Gasteiger partial charge in [-0.15, -0.1) is 0 Å². The summed E-state index contributed by atoms with van der Waals surface area (Å²) in [5.41, 5.74) is 0.200. The van der Waals surface area contributed by atoms with Crippen molar-refractivity contribution < 1.29 is 13.0 Å². The van der Waals surface area contributed by atoms with E-state index in [4.69, 9.17) is 11.6 Å². The maximum atomic E-state index is 13.9. The van der Waals surface area contributed by atoms with E-state index in [2.05, 4.69) is 0 Å². The fraction of sp³-hybridized carbons (Fsp3) is 0.200. The number of rotatable bonds is 3. The molecular formula is C15H11ClF2OS. The molecule has 1 atom stereocenters. The van der Waals surface area contributed by atoms with Crippen molar-refractivity contribution in [3.8, 4) is 0 Å². The molecule has 1 saturated carbocycles. The molecule has 0 amide bonds. The molecular weight excluding hydrogens is 302 g/mol. The van der Waals surface area contributed by atoms with Gasteiger partial charge in [0.2, 0.25) is 0 Å². The van der Waals surface area contributed by atoms with E-state index >= 15 is 0 Å². The lowest BCUT2D eigenvalue weighted by molar-refractivity contribution is 0.578. The van der Waals surface area contributed by atoms with E-state index in [1.165, 1.54) is 0 Å². The minimum atomic E-state index is -1.43. The maximum absolute atomic E-state index is 13.9. The Bertz CT molecular complexity index is 681. The minimum absolute atomic E-state index is 0.200. The van der Waals surface area contributed by atoms with Crippen molar-refractivity contribution >= 4 is 22.4 Å². The van der Waals surface area contributed by atoms with Gasteiger partial charge in [-0.2, -0.15) is 0 Å². The van der Waals surface area contributed by atoms with Crippen molar-refractivity contribution in [1.29, 1.82) is 0 Å². The third kappa shape index (κ3) is 2.27. The summed E-state index contributed by atoms with van der Waals surface area (Å²) in [6.45, 7) is 0. The van der Waals surface area contributed by atoms with Gasteiger partial charge < -0.3 is 0 Å². The van der Waals surface area contributed by atoms with E-state index in [1.807, 2.05) is 0 Å². The highest BCUT2D eigenvalue weighted by molar-refractivity contribution is 7.86. The molecule has 5 heteroatoms. The van der Waals surface area contributed by atoms with Crippen LogP contribution in [0.5, 0.6) is 0 Å². The van der Waals surface area contributed by atoms with E-state index in [0.717, 1.165) is 18.2 Å². The summed E-state index contributed by atoms with van der Waals surface area (Å²) in [6, 6.07) is 9.92. The molecule has 0 spiro atoms. The first-order valence-corrected chi connectivity index (χ1v) is 7.69. The summed E-state index contributed by atoms with van der Waals surface area (Å²) in [6.07, 6.45) is 1.17. The van der Waals surface area contributed by atoms with E-state index < -0.39 is 27.2 Å². The third-order valence-electron chi connectivity index (χ3n) is 3.51. The first kappa shape index (κ1) is 13.7. The molecule has 1 nitrogen and oxygen atoms in total. The van der Waals surface area contributed by atoms with E-state index in [0.29, 0.717) is 22.8 Å². The average molecular weight is 313 g/mol. The molecule has 0 saturated heterocycles. The molecule has 1 aliphatic rings. The highest BCUT2D eigenvalue weighted by Gasteiger charge is 2.52. The largest absolute Gasteiger partial charge is 0.253 e. The van der Waals surface area contributed by atoms with Gasteiger partial charge in [0.15, 0.2) is 0 Å². The van der Waals surface area contributed by atoms with E-state index in [-0.39, 0.29) is 5.56 Å². The van der Waals surface area contributed by atoms with Crippen LogP contribution in [0.1, 0.15) is 18.4 Å². The van der Waals surface area contributed by atoms with Gasteiger partial charge in [0.05, 0.1) is 15.5 Å². The number of benzene rings is 2. The molecule has 3 rings (SSSR count). The molecule has 0 bridgehead atoms. The van der Waals surface area contributed by atoms with Gasteiger partial charge >= 0.3 is 0 Å². The van der Waals surface area contributed by atoms with E-state index in [9.17, 15) is 13.0 Å². The Balaban J connectivity index is 2.02. The highest BCUT2D eigenvalue weighted by atomic mass is 35.5. The Kier molecular flexibility index (Phi) is 3.38. The molecule has 20 heavy (non-hydrogen) atoms. The Morgan fingerprint density at radius 2 is 1.70 bits per heavy atom. The normalized spacial score (nSPS) is 17.8. The van der Waals surface area contributed by atoms with Crippen molar-refractivity contribution in [1.82, 2.24) is 0 Å². The zero-order valence-electron chi connectivity index (χ0n) is 10.4. The Hall–Kier alpha value is -1.26. The molecule has 0 N–H and O–H groups in total. The Morgan fingerprint density at radius 1 is 1.05 bits per heavy atom. The average Bonchev–Trinajstić information content (AvgIpc) is 3.23. The number of halogens is 3. The summed E-state index contributed by atoms with van der Waals surface area (Å²) >= 11 is 5.80. The van der Waals surface area contributed by atoms with Crippen molar-refractivity contribution in [3.05, 3.63) is 64.7 Å². The Morgan fingerprint density at radius 3 is 2.30 bits per heavy atom. The molecule has 0 radical (unpaired) electrons. The van der Waals surface area contributed by atoms with Gasteiger partial charge in [-0.25, -0.2) is 8.78 Å². The predicted octanol–water partition coefficient (Wildman–Crippen LogP) is 4.42. The van der Waals surface area contributed by atoms with Crippen molar-refractivity contribution in [3.63, 3.8) is 0 Å². The van der Waals surface area contributed by atoms with Crippen LogP contribution in [0.2, 0.25) is 5.02 Å². The van der Waals surface area contributed by atoms with Crippen LogP contribution >= 0.6 is 11.6 Å². The van der Waals surface area contributed by atoms with Crippen LogP contribution in [-0.2, 0) is 15.5 Å². The fourth-order valence-electron chi connectivity index (χ4n) is 2.30. The van der Waals surface area contributed by atoms with Crippen LogP contribution in [0.3, 0.4) is 0 Å². The molecule has 2 aromatic rings. The van der Waals surface area contributed by atoms with Crippen LogP contribution in [0.15, 0.2) is 47.4 Å². The summed E-state index contributed by atoms with van der Waals surface area (Å²) in [7, 11) is -1.43. The van der Waals surface area contributed by atoms with Gasteiger partial charge in [-0.3, -0.25) is 4.21 Å². The number of hydrogen-bond donors (Lipinski definition) is 0. The first-order valence-electron chi connectivity index (χ1n) is 6.16. The molecule has 1 aliphatic carbocycles. The summed E-state index contributed by atoms with van der Waals surface area (Å²) in [5.74, 6) is -1.02. The zero-order chi connectivity index (χ0) is 14.3. The van der Waals surface area contributed by atoms with Crippen LogP contribution in [0.4, 0.5) is 8.78 Å². The summed E-state index contributed by atoms with van der Waals surface area (Å²) in [5, 5.41) is 0.549. The molecule has 1 fully saturated rings. The van der Waals surface area contributed by atoms with Gasteiger partial charge in [-0.1, -0.05) is 11.6 Å². The molecule has 104 valence electrons. The quantitative estimate of drug-likeness (QED) is 0.820. The summed E-state index contributed by atoms with van der Waals surface area (Å²) in [4.78, 5) is 0.579. The maximum Gasteiger partial charge on any atom is 0.128 e. The second-order valence-corrected chi connectivity index (χ2v) is 7.07. The SMILES string of the molecule is O=S(c1ccc(Cl)cc1)C1(c2cc(F)ccc2F)CC1. The molecule has 0 heterocycles. The minimum Gasteiger partial charge on any atom is -0.253 e. The monoisotopic (exact) mass is 312 g/mol. The van der Waals surface area contributed by atoms with Crippen molar-refractivity contribution in [2.45, 2.75) is 22.5 Å². The van der Waals surface area contributed by atoms with Crippen LogP contribution < -0.4 is 0 Å². The highest BCUT2D eigenvalue weighted by Crippen LogP contribution is 2.53. The lowest BCUT2D eigenvalue weighted by Gasteiger charge is -2.16. The second-order valence-electron chi connectivity index (χ2n) is 4.84. The fourth-order valence-corrected chi connectivity index (χ4v) is 4.09. The van der Waals surface area contributed by atoms with Gasteiger partial charge in [0.1, 0.15) is 11.6 Å². The lowest BCUT2D eigenvalue weighted by Crippen LogP contribution is -2.16. The molecule has 0 aliphatic heterocycles. The second kappa shape index (κ2) is 4.93. The van der Waals surface area contributed by atoms with Crippen LogP contribution in [-0.4, -0.2) is 4.21 Å². The van der Waals surface area contributed by atoms with Crippen molar-refractivity contribution in [2.75, 3.05) is 0 Å². The predicted molar refractivity (Wildman–Crippen MR) is 75.1 cm³/mol. The van der Waals surface area contributed by atoms with Crippen LogP contribution in [0.25, 0.3) is 0 Å². The topological polar surface area (TPSA) is 17.1 Å². The van der Waals surface area contributed by atoms with E-state index in [1.54, 1.807) is 24.3 Å². The van der Waals surface area contributed by atoms with Gasteiger partial charge in [0, 0.05) is 15.5 Å². The molecule has 0 aromatic heterocycles. The smallest absolute Gasteiger partial charge is 0.128 e. The first-order chi connectivity index (χ1) is 9.53. The van der Waals surface area contributed by atoms with Gasteiger partial charge in [0.25, 0.3) is 0 Å². The standard InChI is InChI=1S/C15H11ClF2OS/c16-10-1-4-12(5-2-10)20(19)15(7-8-15)13-9-11(17)3-6-14(13)18/h1-6,9H,7-8H2. The molecule has 2 aromatic carbocycles. The summed E-state index contributed by atoms with van der Waals surface area (Å²) < 4.78 is 39.1. The third-order valence-corrected chi connectivity index (χ3v) is 5.80. The van der Waals surface area contributed by atoms with Crippen LogP contribution in [0, 0.1) is 11.6 Å². The van der Waals surface area contributed by atoms with Gasteiger partial charge in [-0.05, 0) is 55.3 Å². The van der Waals surface area contributed by atoms with Crippen molar-refractivity contribution in [2.24, 2.45) is 0 Å². The number of hydrogen-bond acceptors (Lipinski definition) is 1. The lowest BCUT2D eigenvalue weighted by atomic mass is 10.1.